The molecule has 8 nitrogen and oxygen atoms in total. The van der Waals surface area contributed by atoms with Crippen LogP contribution in [0.4, 0.5) is 0 Å². The average Bonchev–Trinajstić information content (AvgIpc) is 3.85. The molecule has 0 saturated carbocycles. The van der Waals surface area contributed by atoms with Gasteiger partial charge >= 0.3 is 0 Å². The topological polar surface area (TPSA) is 109 Å². The molecular weight excluding hydrogens is 592 g/mol. The Morgan fingerprint density at radius 3 is 1.08 bits per heavy atom. The lowest BCUT2D eigenvalue weighted by atomic mass is 10.0. The van der Waals surface area contributed by atoms with Crippen molar-refractivity contribution in [3.63, 3.8) is 0 Å². The molecule has 0 radical (unpaired) electrons. The smallest absolute Gasteiger partial charge is 0.164 e. The van der Waals surface area contributed by atoms with Gasteiger partial charge in [0.25, 0.3) is 0 Å². The van der Waals surface area contributed by atoms with Gasteiger partial charge in [0, 0.05) is 43.8 Å². The Labute approximate surface area is 277 Å². The number of nitrogens with one attached hydrogen (secondary N) is 2. The minimum absolute atomic E-state index is 0.619. The number of aromatic amines is 2. The normalized spacial score (nSPS) is 12.1. The first-order chi connectivity index (χ1) is 23.5. The molecule has 0 spiro atoms. The largest absolute Gasteiger partial charge is 0.324 e. The first-order valence-electron chi connectivity index (χ1n) is 16.9. The Bertz CT molecular complexity index is 2630. The van der Waals surface area contributed by atoms with Crippen LogP contribution in [-0.2, 0) is 25.7 Å². The molecule has 5 heterocycles. The molecule has 2 aliphatic rings. The Morgan fingerprint density at radius 1 is 0.354 bits per heavy atom. The molecule has 4 aromatic carbocycles. The number of fused-ring (bicyclic) bond motifs is 20. The van der Waals surface area contributed by atoms with E-state index in [1.807, 2.05) is 0 Å². The zero-order chi connectivity index (χ0) is 32.5. The van der Waals surface area contributed by atoms with E-state index in [9.17, 15) is 0 Å². The minimum atomic E-state index is 0.619. The Kier molecular flexibility index (Phi) is 6.47. The highest BCUT2D eigenvalue weighted by atomic mass is 15.1. The van der Waals surface area contributed by atoms with Gasteiger partial charge in [0.2, 0.25) is 0 Å². The van der Waals surface area contributed by atoms with Gasteiger partial charge in [-0.3, -0.25) is 0 Å². The summed E-state index contributed by atoms with van der Waals surface area (Å²) < 4.78 is 0. The standard InChI is InChI=1S/C40H34N8/c1-5-21-9-13-25-29(17-21)37-42-33(25)41-34-26-14-10-23(7-3)19-31(26)39(43-34)48-40-32-20-24(8-4)12-16-28(32)36(47-40)46-38-30-18-22(6-2)11-15-27(30)35(44-37)45-38/h9-20H,5-8H2,1-4H3,(H2,41,42,43,44,45,46,47,48). The van der Waals surface area contributed by atoms with E-state index in [4.69, 9.17) is 29.9 Å². The third kappa shape index (κ3) is 4.43. The highest BCUT2D eigenvalue weighted by molar-refractivity contribution is 6.06. The third-order valence-corrected chi connectivity index (χ3v) is 9.72. The van der Waals surface area contributed by atoms with Crippen molar-refractivity contribution in [3.8, 4) is 45.6 Å². The quantitative estimate of drug-likeness (QED) is 0.202. The van der Waals surface area contributed by atoms with Crippen LogP contribution in [0, 0.1) is 0 Å². The SMILES string of the molecule is CCc1ccc2c(c1)-c1nc-2nc2[nH]c(nc3nc(nc4[nH]c(n1)c1ccc(CC)cc41)-c1ccc(CC)cc1-3)c1cc(CC)ccc21. The fourth-order valence-corrected chi connectivity index (χ4v) is 6.86. The van der Waals surface area contributed by atoms with Crippen LogP contribution >= 0.6 is 0 Å². The molecule has 0 unspecified atom stereocenters. The van der Waals surface area contributed by atoms with Crippen LogP contribution in [0.15, 0.2) is 72.8 Å². The van der Waals surface area contributed by atoms with Gasteiger partial charge in [0.1, 0.15) is 22.6 Å². The van der Waals surface area contributed by atoms with E-state index < -0.39 is 0 Å². The highest BCUT2D eigenvalue weighted by Crippen LogP contribution is 2.38. The second kappa shape index (κ2) is 10.9. The maximum absolute atomic E-state index is 5.22. The fourth-order valence-electron chi connectivity index (χ4n) is 6.86. The molecule has 3 aromatic heterocycles. The van der Waals surface area contributed by atoms with Crippen molar-refractivity contribution in [2.24, 2.45) is 0 Å². The van der Waals surface area contributed by atoms with Crippen molar-refractivity contribution >= 4 is 44.1 Å². The molecule has 7 aromatic rings. The maximum Gasteiger partial charge on any atom is 0.164 e. The van der Waals surface area contributed by atoms with Crippen molar-refractivity contribution in [2.75, 3.05) is 0 Å². The van der Waals surface area contributed by atoms with Gasteiger partial charge in [0.15, 0.2) is 23.3 Å². The first-order valence-corrected chi connectivity index (χ1v) is 16.9. The second-order valence-corrected chi connectivity index (χ2v) is 12.5. The van der Waals surface area contributed by atoms with E-state index in [0.717, 1.165) is 69.5 Å². The van der Waals surface area contributed by atoms with Crippen LogP contribution in [0.2, 0.25) is 0 Å². The lowest BCUT2D eigenvalue weighted by molar-refractivity contribution is 1.14. The Morgan fingerprint density at radius 2 is 0.688 bits per heavy atom. The number of hydrogen-bond acceptors (Lipinski definition) is 6. The van der Waals surface area contributed by atoms with Gasteiger partial charge in [-0.25, -0.2) is 29.9 Å². The summed E-state index contributed by atoms with van der Waals surface area (Å²) in [5, 5.41) is 3.96. The predicted molar refractivity (Wildman–Crippen MR) is 194 cm³/mol. The molecule has 0 saturated heterocycles. The van der Waals surface area contributed by atoms with Gasteiger partial charge in [-0.2, -0.15) is 0 Å². The van der Waals surface area contributed by atoms with Crippen molar-refractivity contribution in [3.05, 3.63) is 95.1 Å². The van der Waals surface area contributed by atoms with Crippen LogP contribution in [0.25, 0.3) is 89.7 Å². The number of aryl methyl sites for hydroxylation is 4. The molecule has 9 rings (SSSR count). The molecule has 0 amide bonds. The molecule has 48 heavy (non-hydrogen) atoms. The summed E-state index contributed by atoms with van der Waals surface area (Å²) in [4.78, 5) is 38.1. The van der Waals surface area contributed by atoms with Gasteiger partial charge < -0.3 is 9.97 Å². The minimum Gasteiger partial charge on any atom is -0.324 e. The molecule has 2 aliphatic heterocycles. The molecule has 0 atom stereocenters. The number of aromatic nitrogens is 8. The summed E-state index contributed by atoms with van der Waals surface area (Å²) in [5.74, 6) is 2.50. The lowest BCUT2D eigenvalue weighted by Crippen LogP contribution is -1.86. The van der Waals surface area contributed by atoms with Crippen LogP contribution in [-0.4, -0.2) is 39.9 Å². The second-order valence-electron chi connectivity index (χ2n) is 12.5. The number of nitrogens with zero attached hydrogens (tertiary/aromatic N) is 6. The van der Waals surface area contributed by atoms with Crippen molar-refractivity contribution in [1.82, 2.24) is 39.9 Å². The van der Waals surface area contributed by atoms with E-state index in [1.54, 1.807) is 0 Å². The van der Waals surface area contributed by atoms with Crippen LogP contribution in [0.5, 0.6) is 0 Å². The van der Waals surface area contributed by atoms with E-state index >= 15 is 0 Å². The molecule has 0 fully saturated rings. The van der Waals surface area contributed by atoms with Crippen LogP contribution < -0.4 is 0 Å². The van der Waals surface area contributed by atoms with Gasteiger partial charge in [-0.15, -0.1) is 0 Å². The summed E-state index contributed by atoms with van der Waals surface area (Å²) in [6, 6.07) is 25.9. The maximum atomic E-state index is 5.22. The first kappa shape index (κ1) is 28.5. The molecular formula is C40H34N8. The monoisotopic (exact) mass is 626 g/mol. The predicted octanol–water partition coefficient (Wildman–Crippen LogP) is 9.12. The summed E-state index contributed by atoms with van der Waals surface area (Å²) >= 11 is 0. The Balaban J connectivity index is 1.48. The van der Waals surface area contributed by atoms with E-state index in [1.165, 1.54) is 22.3 Å². The average molecular weight is 627 g/mol. The van der Waals surface area contributed by atoms with Crippen LogP contribution in [0.1, 0.15) is 49.9 Å². The number of benzene rings is 4. The Hall–Kier alpha value is -5.76. The zero-order valence-electron chi connectivity index (χ0n) is 27.4. The van der Waals surface area contributed by atoms with E-state index in [0.29, 0.717) is 45.9 Å². The summed E-state index contributed by atoms with van der Waals surface area (Å²) in [5.41, 5.74) is 11.6. The molecule has 234 valence electrons. The molecule has 2 N–H and O–H groups in total. The van der Waals surface area contributed by atoms with Crippen molar-refractivity contribution in [1.29, 1.82) is 0 Å². The van der Waals surface area contributed by atoms with Gasteiger partial charge in [0.05, 0.1) is 0 Å². The fraction of sp³-hybridized carbons (Fsp3) is 0.200. The molecule has 8 heteroatoms. The molecule has 0 aliphatic carbocycles. The van der Waals surface area contributed by atoms with Gasteiger partial charge in [-0.05, 0) is 72.2 Å². The number of H-pyrrole nitrogens is 2. The van der Waals surface area contributed by atoms with E-state index in [-0.39, 0.29) is 0 Å². The summed E-state index contributed by atoms with van der Waals surface area (Å²) in [6.07, 6.45) is 3.66. The third-order valence-electron chi connectivity index (χ3n) is 9.72. The number of rotatable bonds is 4. The molecule has 8 bridgehead atoms. The summed E-state index contributed by atoms with van der Waals surface area (Å²) in [6.45, 7) is 8.65. The summed E-state index contributed by atoms with van der Waals surface area (Å²) in [7, 11) is 0. The van der Waals surface area contributed by atoms with Crippen molar-refractivity contribution < 1.29 is 0 Å². The number of hydrogen-bond donors (Lipinski definition) is 2. The van der Waals surface area contributed by atoms with E-state index in [2.05, 4.69) is 110 Å². The van der Waals surface area contributed by atoms with Gasteiger partial charge in [-0.1, -0.05) is 76.2 Å². The van der Waals surface area contributed by atoms with Crippen molar-refractivity contribution in [2.45, 2.75) is 53.4 Å². The van der Waals surface area contributed by atoms with Crippen LogP contribution in [0.3, 0.4) is 0 Å². The zero-order valence-corrected chi connectivity index (χ0v) is 27.4. The highest BCUT2D eigenvalue weighted by Gasteiger charge is 2.23. The lowest BCUT2D eigenvalue weighted by Gasteiger charge is -2.02.